The zero-order chi connectivity index (χ0) is 15.2. The van der Waals surface area contributed by atoms with E-state index >= 15 is 0 Å². The van der Waals surface area contributed by atoms with Gasteiger partial charge in [-0.3, -0.25) is 9.59 Å². The summed E-state index contributed by atoms with van der Waals surface area (Å²) in [5.74, 6) is -0.758. The summed E-state index contributed by atoms with van der Waals surface area (Å²) in [6.45, 7) is 2.14. The molecule has 0 aromatic heterocycles. The fraction of sp³-hybridized carbons (Fsp3) is 0.600. The van der Waals surface area contributed by atoms with Crippen molar-refractivity contribution in [2.75, 3.05) is 6.54 Å². The molecule has 0 aliphatic rings. The standard InChI is InChI=1S/C15H25NO4/c1-13(17)9-5-4-8-12-16-14(18)10-6-2-3-7-11-15(19)20/h4-5,8-9,13,17H,2-3,6-7,10-12H2,1H3,(H,16,18)(H,19,20)/b8-4+,9-5+. The molecule has 1 atom stereocenters. The average Bonchev–Trinajstić information content (AvgIpc) is 2.37. The largest absolute Gasteiger partial charge is 0.481 e. The predicted octanol–water partition coefficient (Wildman–Crippen LogP) is 2.02. The third-order valence-corrected chi connectivity index (χ3v) is 2.60. The van der Waals surface area contributed by atoms with Crippen molar-refractivity contribution < 1.29 is 19.8 Å². The van der Waals surface area contributed by atoms with Crippen LogP contribution in [0.1, 0.15) is 45.4 Å². The minimum absolute atomic E-state index is 0.00684. The quantitative estimate of drug-likeness (QED) is 0.400. The van der Waals surface area contributed by atoms with Crippen LogP contribution in [0.3, 0.4) is 0 Å². The molecule has 0 saturated carbocycles. The maximum atomic E-state index is 11.4. The highest BCUT2D eigenvalue weighted by Crippen LogP contribution is 2.05. The monoisotopic (exact) mass is 283 g/mol. The van der Waals surface area contributed by atoms with Crippen molar-refractivity contribution in [1.29, 1.82) is 0 Å². The minimum atomic E-state index is -0.765. The lowest BCUT2D eigenvalue weighted by molar-refractivity contribution is -0.137. The summed E-state index contributed by atoms with van der Waals surface area (Å²) in [5.41, 5.74) is 0. The number of carboxylic acid groups (broad SMARTS) is 1. The highest BCUT2D eigenvalue weighted by molar-refractivity contribution is 5.75. The van der Waals surface area contributed by atoms with Gasteiger partial charge in [0.2, 0.25) is 5.91 Å². The molecule has 114 valence electrons. The zero-order valence-electron chi connectivity index (χ0n) is 12.0. The van der Waals surface area contributed by atoms with Crippen LogP contribution in [0.5, 0.6) is 0 Å². The fourth-order valence-electron chi connectivity index (χ4n) is 1.55. The van der Waals surface area contributed by atoms with E-state index in [9.17, 15) is 9.59 Å². The third kappa shape index (κ3) is 14.4. The SMILES string of the molecule is CC(O)/C=C/C=C/CNC(=O)CCCCCCC(=O)O. The molecule has 1 unspecified atom stereocenters. The molecule has 0 heterocycles. The Morgan fingerprint density at radius 3 is 2.35 bits per heavy atom. The summed E-state index contributed by atoms with van der Waals surface area (Å²) >= 11 is 0. The van der Waals surface area contributed by atoms with Gasteiger partial charge in [0.05, 0.1) is 6.10 Å². The van der Waals surface area contributed by atoms with Crippen LogP contribution in [0, 0.1) is 0 Å². The van der Waals surface area contributed by atoms with Crippen LogP contribution >= 0.6 is 0 Å². The molecular weight excluding hydrogens is 258 g/mol. The fourth-order valence-corrected chi connectivity index (χ4v) is 1.55. The first-order chi connectivity index (χ1) is 9.52. The van der Waals surface area contributed by atoms with Crippen LogP contribution in [0.2, 0.25) is 0 Å². The Bertz CT molecular complexity index is 335. The highest BCUT2D eigenvalue weighted by Gasteiger charge is 2.00. The summed E-state index contributed by atoms with van der Waals surface area (Å²) in [7, 11) is 0. The lowest BCUT2D eigenvalue weighted by atomic mass is 10.1. The molecule has 1 amide bonds. The maximum absolute atomic E-state index is 11.4. The highest BCUT2D eigenvalue weighted by atomic mass is 16.4. The maximum Gasteiger partial charge on any atom is 0.303 e. The minimum Gasteiger partial charge on any atom is -0.481 e. The summed E-state index contributed by atoms with van der Waals surface area (Å²) < 4.78 is 0. The van der Waals surface area contributed by atoms with Crippen molar-refractivity contribution in [3.05, 3.63) is 24.3 Å². The van der Waals surface area contributed by atoms with Crippen LogP contribution in [-0.2, 0) is 9.59 Å². The predicted molar refractivity (Wildman–Crippen MR) is 78.3 cm³/mol. The second kappa shape index (κ2) is 12.4. The van der Waals surface area contributed by atoms with E-state index in [0.717, 1.165) is 19.3 Å². The van der Waals surface area contributed by atoms with Crippen molar-refractivity contribution in [1.82, 2.24) is 5.32 Å². The van der Waals surface area contributed by atoms with E-state index in [1.54, 1.807) is 25.2 Å². The first-order valence-corrected chi connectivity index (χ1v) is 7.02. The van der Waals surface area contributed by atoms with Crippen LogP contribution in [0.25, 0.3) is 0 Å². The van der Waals surface area contributed by atoms with Gasteiger partial charge in [0.1, 0.15) is 0 Å². The second-order valence-corrected chi connectivity index (χ2v) is 4.67. The van der Waals surface area contributed by atoms with Gasteiger partial charge >= 0.3 is 5.97 Å². The first kappa shape index (κ1) is 18.4. The number of amides is 1. The molecule has 5 nitrogen and oxygen atoms in total. The molecule has 0 spiro atoms. The van der Waals surface area contributed by atoms with E-state index in [4.69, 9.17) is 10.2 Å². The molecule has 0 aromatic carbocycles. The average molecular weight is 283 g/mol. The normalized spacial score (nSPS) is 12.9. The van der Waals surface area contributed by atoms with Crippen LogP contribution in [0.15, 0.2) is 24.3 Å². The van der Waals surface area contributed by atoms with Gasteiger partial charge < -0.3 is 15.5 Å². The van der Waals surface area contributed by atoms with Crippen LogP contribution in [0.4, 0.5) is 0 Å². The van der Waals surface area contributed by atoms with E-state index in [1.165, 1.54) is 0 Å². The van der Waals surface area contributed by atoms with Crippen molar-refractivity contribution >= 4 is 11.9 Å². The van der Waals surface area contributed by atoms with Crippen LogP contribution < -0.4 is 5.32 Å². The van der Waals surface area contributed by atoms with Crippen molar-refractivity contribution in [2.45, 2.75) is 51.6 Å². The number of allylic oxidation sites excluding steroid dienone is 2. The number of aliphatic carboxylic acids is 1. The van der Waals surface area contributed by atoms with Gasteiger partial charge in [-0.1, -0.05) is 37.1 Å². The second-order valence-electron chi connectivity index (χ2n) is 4.67. The Morgan fingerprint density at radius 2 is 1.75 bits per heavy atom. The summed E-state index contributed by atoms with van der Waals surface area (Å²) in [6, 6.07) is 0. The Balaban J connectivity index is 3.43. The first-order valence-electron chi connectivity index (χ1n) is 7.02. The number of carboxylic acids is 1. The number of nitrogens with one attached hydrogen (secondary N) is 1. The molecule has 0 fully saturated rings. The number of carbonyl (C=O) groups is 2. The van der Waals surface area contributed by atoms with E-state index in [1.807, 2.05) is 6.08 Å². The lowest BCUT2D eigenvalue weighted by Gasteiger charge is -2.02. The third-order valence-electron chi connectivity index (χ3n) is 2.60. The summed E-state index contributed by atoms with van der Waals surface area (Å²) in [6.07, 6.45) is 10.4. The zero-order valence-corrected chi connectivity index (χ0v) is 12.0. The molecule has 5 heteroatoms. The van der Waals surface area contributed by atoms with Gasteiger partial charge in [0, 0.05) is 19.4 Å². The number of aliphatic hydroxyl groups excluding tert-OH is 1. The Morgan fingerprint density at radius 1 is 1.10 bits per heavy atom. The van der Waals surface area contributed by atoms with E-state index in [2.05, 4.69) is 5.32 Å². The molecule has 0 saturated heterocycles. The van der Waals surface area contributed by atoms with Crippen molar-refractivity contribution in [3.8, 4) is 0 Å². The van der Waals surface area contributed by atoms with E-state index in [0.29, 0.717) is 19.4 Å². The van der Waals surface area contributed by atoms with Gasteiger partial charge in [-0.25, -0.2) is 0 Å². The number of hydrogen-bond acceptors (Lipinski definition) is 3. The number of hydrogen-bond donors (Lipinski definition) is 3. The molecule has 0 rings (SSSR count). The van der Waals surface area contributed by atoms with Gasteiger partial charge in [0.15, 0.2) is 0 Å². The van der Waals surface area contributed by atoms with Gasteiger partial charge in [0.25, 0.3) is 0 Å². The number of unbranched alkanes of at least 4 members (excludes halogenated alkanes) is 3. The van der Waals surface area contributed by atoms with Crippen LogP contribution in [-0.4, -0.2) is 34.7 Å². The molecule has 0 aliphatic heterocycles. The number of carbonyl (C=O) groups excluding carboxylic acids is 1. The summed E-state index contributed by atoms with van der Waals surface area (Å²) in [5, 5.41) is 20.2. The van der Waals surface area contributed by atoms with Crippen molar-refractivity contribution in [2.24, 2.45) is 0 Å². The molecule has 0 aliphatic carbocycles. The molecule has 0 aromatic rings. The number of rotatable bonds is 11. The Kier molecular flexibility index (Phi) is 11.4. The molecule has 0 radical (unpaired) electrons. The lowest BCUT2D eigenvalue weighted by Crippen LogP contribution is -2.22. The number of aliphatic hydroxyl groups is 1. The molecular formula is C15H25NO4. The molecule has 20 heavy (non-hydrogen) atoms. The smallest absolute Gasteiger partial charge is 0.303 e. The molecule has 0 bridgehead atoms. The molecule has 3 N–H and O–H groups in total. The Hall–Kier alpha value is -1.62. The topological polar surface area (TPSA) is 86.6 Å². The van der Waals surface area contributed by atoms with Gasteiger partial charge in [-0.2, -0.15) is 0 Å². The van der Waals surface area contributed by atoms with Gasteiger partial charge in [-0.15, -0.1) is 0 Å². The van der Waals surface area contributed by atoms with Crippen molar-refractivity contribution in [3.63, 3.8) is 0 Å². The van der Waals surface area contributed by atoms with E-state index in [-0.39, 0.29) is 12.3 Å². The summed E-state index contributed by atoms with van der Waals surface area (Å²) in [4.78, 5) is 21.7. The van der Waals surface area contributed by atoms with Gasteiger partial charge in [-0.05, 0) is 19.8 Å². The van der Waals surface area contributed by atoms with E-state index < -0.39 is 12.1 Å². The Labute approximate surface area is 120 Å².